The van der Waals surface area contributed by atoms with Crippen molar-refractivity contribution in [1.82, 2.24) is 0 Å². The van der Waals surface area contributed by atoms with E-state index in [1.807, 2.05) is 6.08 Å². The van der Waals surface area contributed by atoms with Crippen LogP contribution in [0.5, 0.6) is 0 Å². The van der Waals surface area contributed by atoms with E-state index >= 15 is 0 Å². The van der Waals surface area contributed by atoms with Gasteiger partial charge in [-0.1, -0.05) is 32.9 Å². The van der Waals surface area contributed by atoms with Crippen molar-refractivity contribution in [2.75, 3.05) is 6.61 Å². The van der Waals surface area contributed by atoms with Gasteiger partial charge < -0.3 is 9.47 Å². The molecule has 0 aromatic rings. The van der Waals surface area contributed by atoms with Gasteiger partial charge in [-0.25, -0.2) is 4.79 Å². The molecule has 5 rings (SSSR count). The molecule has 0 aromatic heterocycles. The highest BCUT2D eigenvalue weighted by Gasteiger charge is 2.73. The Morgan fingerprint density at radius 2 is 2.04 bits per heavy atom. The highest BCUT2D eigenvalue weighted by atomic mass is 16.6. The van der Waals surface area contributed by atoms with Crippen molar-refractivity contribution in [2.24, 2.45) is 17.3 Å². The molecule has 1 saturated carbocycles. The normalized spacial score (nSPS) is 42.7. The Balaban J connectivity index is 1.64. The van der Waals surface area contributed by atoms with E-state index in [-0.39, 0.29) is 35.1 Å². The number of ether oxygens (including phenoxy) is 2. The molecule has 1 spiro atoms. The number of hydrogen-bond acceptors (Lipinski definition) is 4. The van der Waals surface area contributed by atoms with E-state index in [4.69, 9.17) is 9.47 Å². The zero-order valence-corrected chi connectivity index (χ0v) is 14.3. The second-order valence-electron chi connectivity index (χ2n) is 8.31. The molecule has 0 bridgehead atoms. The van der Waals surface area contributed by atoms with Gasteiger partial charge in [-0.2, -0.15) is 0 Å². The van der Waals surface area contributed by atoms with Crippen molar-refractivity contribution in [3.05, 3.63) is 34.4 Å². The molecule has 0 amide bonds. The average molecular weight is 326 g/mol. The first-order valence-corrected chi connectivity index (χ1v) is 8.94. The summed E-state index contributed by atoms with van der Waals surface area (Å²) in [5.74, 6) is 0.484. The van der Waals surface area contributed by atoms with Gasteiger partial charge in [-0.05, 0) is 47.7 Å². The zero-order valence-electron chi connectivity index (χ0n) is 14.3. The number of epoxide rings is 1. The molecular formula is C20H22O4. The monoisotopic (exact) mass is 326 g/mol. The number of fused-ring (bicyclic) bond motifs is 3. The van der Waals surface area contributed by atoms with Crippen molar-refractivity contribution in [3.8, 4) is 0 Å². The number of rotatable bonds is 1. The first-order chi connectivity index (χ1) is 11.4. The van der Waals surface area contributed by atoms with Crippen molar-refractivity contribution < 1.29 is 19.1 Å². The molecule has 2 aliphatic heterocycles. The van der Waals surface area contributed by atoms with E-state index in [9.17, 15) is 9.59 Å². The van der Waals surface area contributed by atoms with Gasteiger partial charge in [0.25, 0.3) is 0 Å². The molecule has 2 heterocycles. The third kappa shape index (κ3) is 1.49. The number of ketones is 1. The Bertz CT molecular complexity index is 783. The molecule has 2 fully saturated rings. The van der Waals surface area contributed by atoms with Crippen LogP contribution in [0.15, 0.2) is 34.4 Å². The van der Waals surface area contributed by atoms with Crippen molar-refractivity contribution in [3.63, 3.8) is 0 Å². The van der Waals surface area contributed by atoms with Gasteiger partial charge in [-0.3, -0.25) is 4.79 Å². The van der Waals surface area contributed by atoms with Gasteiger partial charge in [-0.15, -0.1) is 0 Å². The number of Topliss-reactive ketones (excluding diaryl/α,β-unsaturated/α-hetero) is 1. The lowest BCUT2D eigenvalue weighted by atomic mass is 9.52. The Labute approximate surface area is 141 Å². The van der Waals surface area contributed by atoms with E-state index < -0.39 is 5.60 Å². The Morgan fingerprint density at radius 1 is 1.25 bits per heavy atom. The van der Waals surface area contributed by atoms with Crippen LogP contribution in [0.1, 0.15) is 40.0 Å². The number of carbonyl (C=O) groups excluding carboxylic acids is 2. The predicted molar refractivity (Wildman–Crippen MR) is 87.0 cm³/mol. The summed E-state index contributed by atoms with van der Waals surface area (Å²) < 4.78 is 11.4. The highest BCUT2D eigenvalue weighted by molar-refractivity contribution is 6.09. The quantitative estimate of drug-likeness (QED) is 0.549. The molecule has 0 N–H and O–H groups in total. The van der Waals surface area contributed by atoms with Crippen LogP contribution < -0.4 is 0 Å². The van der Waals surface area contributed by atoms with Gasteiger partial charge in [0, 0.05) is 11.1 Å². The maximum Gasteiger partial charge on any atom is 0.334 e. The third-order valence-electron chi connectivity index (χ3n) is 6.92. The molecule has 4 nitrogen and oxygen atoms in total. The lowest BCUT2D eigenvalue weighted by molar-refractivity contribution is -0.136. The third-order valence-corrected chi connectivity index (χ3v) is 6.92. The molecular weight excluding hydrogens is 304 g/mol. The maximum atomic E-state index is 13.1. The summed E-state index contributed by atoms with van der Waals surface area (Å²) in [6.45, 7) is 6.78. The lowest BCUT2D eigenvalue weighted by Crippen LogP contribution is -2.50. The van der Waals surface area contributed by atoms with Gasteiger partial charge in [0.1, 0.15) is 12.7 Å². The lowest BCUT2D eigenvalue weighted by Gasteiger charge is -2.48. The fourth-order valence-electron chi connectivity index (χ4n) is 5.52. The van der Waals surface area contributed by atoms with E-state index in [2.05, 4.69) is 26.8 Å². The Kier molecular flexibility index (Phi) is 2.62. The van der Waals surface area contributed by atoms with Crippen LogP contribution in [0, 0.1) is 17.3 Å². The minimum Gasteiger partial charge on any atom is -0.458 e. The fraction of sp³-hybridized carbons (Fsp3) is 0.600. The fourth-order valence-corrected chi connectivity index (χ4v) is 5.52. The van der Waals surface area contributed by atoms with Gasteiger partial charge in [0.05, 0.1) is 0 Å². The summed E-state index contributed by atoms with van der Waals surface area (Å²) in [5.41, 5.74) is 3.22. The highest BCUT2D eigenvalue weighted by Crippen LogP contribution is 2.67. The number of allylic oxidation sites excluding steroid dienone is 2. The zero-order chi connectivity index (χ0) is 16.9. The van der Waals surface area contributed by atoms with Gasteiger partial charge in [0.2, 0.25) is 0 Å². The maximum absolute atomic E-state index is 13.1. The molecule has 3 aliphatic carbocycles. The average Bonchev–Trinajstić information content (AvgIpc) is 3.13. The predicted octanol–water partition coefficient (Wildman–Crippen LogP) is 2.89. The standard InChI is InChI=1S/C20H22O4/c1-10(2)11-4-5-15-19(3)7-6-12-13(9-23-18(12)22)14(19)8-16-20(15,24-16)17(11)21/h4-5,10,14,16H,6-9H2,1-3H3. The van der Waals surface area contributed by atoms with E-state index in [0.717, 1.165) is 41.6 Å². The van der Waals surface area contributed by atoms with Crippen LogP contribution in [0.2, 0.25) is 0 Å². The molecule has 5 aliphatic rings. The van der Waals surface area contributed by atoms with Gasteiger partial charge >= 0.3 is 5.97 Å². The number of cyclic esters (lactones) is 1. The first-order valence-electron chi connectivity index (χ1n) is 8.94. The van der Waals surface area contributed by atoms with E-state index in [1.54, 1.807) is 0 Å². The Morgan fingerprint density at radius 3 is 2.79 bits per heavy atom. The van der Waals surface area contributed by atoms with Crippen molar-refractivity contribution >= 4 is 11.8 Å². The van der Waals surface area contributed by atoms with E-state index in [1.165, 1.54) is 0 Å². The smallest absolute Gasteiger partial charge is 0.334 e. The van der Waals surface area contributed by atoms with Crippen molar-refractivity contribution in [2.45, 2.75) is 51.7 Å². The topological polar surface area (TPSA) is 55.9 Å². The first kappa shape index (κ1) is 14.6. The molecule has 0 aromatic carbocycles. The second-order valence-corrected chi connectivity index (χ2v) is 8.31. The van der Waals surface area contributed by atoms with Gasteiger partial charge in [0.15, 0.2) is 11.4 Å². The number of hydrogen-bond donors (Lipinski definition) is 0. The van der Waals surface area contributed by atoms with Crippen LogP contribution in [0.25, 0.3) is 0 Å². The van der Waals surface area contributed by atoms with Crippen LogP contribution in [0.3, 0.4) is 0 Å². The molecule has 24 heavy (non-hydrogen) atoms. The van der Waals surface area contributed by atoms with Crippen LogP contribution >= 0.6 is 0 Å². The molecule has 126 valence electrons. The summed E-state index contributed by atoms with van der Waals surface area (Å²) in [6.07, 6.45) is 6.55. The van der Waals surface area contributed by atoms with E-state index in [0.29, 0.717) is 6.61 Å². The largest absolute Gasteiger partial charge is 0.458 e. The van der Waals surface area contributed by atoms with Crippen molar-refractivity contribution in [1.29, 1.82) is 0 Å². The summed E-state index contributed by atoms with van der Waals surface area (Å²) in [7, 11) is 0. The van der Waals surface area contributed by atoms with Crippen LogP contribution in [0.4, 0.5) is 0 Å². The van der Waals surface area contributed by atoms with Crippen LogP contribution in [-0.2, 0) is 19.1 Å². The van der Waals surface area contributed by atoms with Crippen LogP contribution in [-0.4, -0.2) is 30.1 Å². The molecule has 4 heteroatoms. The minimum absolute atomic E-state index is 0.0423. The minimum atomic E-state index is -0.707. The summed E-state index contributed by atoms with van der Waals surface area (Å²) in [6, 6.07) is 0. The Hall–Kier alpha value is -1.68. The molecule has 0 radical (unpaired) electrons. The second kappa shape index (κ2) is 4.29. The number of carbonyl (C=O) groups is 2. The SMILES string of the molecule is CC(C)C1=CC=C2C3(C)CCC4=C(COC4=O)C3CC3OC23C1=O. The summed E-state index contributed by atoms with van der Waals surface area (Å²) in [4.78, 5) is 25.1. The molecule has 1 saturated heterocycles. The summed E-state index contributed by atoms with van der Waals surface area (Å²) in [5, 5.41) is 0. The molecule has 4 atom stereocenters. The molecule has 4 unspecified atom stereocenters. The number of esters is 1. The summed E-state index contributed by atoms with van der Waals surface area (Å²) >= 11 is 0.